The van der Waals surface area contributed by atoms with E-state index in [0.29, 0.717) is 6.04 Å². The summed E-state index contributed by atoms with van der Waals surface area (Å²) in [6.45, 7) is 8.13. The number of hydrogen-bond acceptors (Lipinski definition) is 4. The number of rotatable bonds is 3. The number of piperidine rings is 1. The molecule has 1 aromatic rings. The zero-order chi connectivity index (χ0) is 15.5. The van der Waals surface area contributed by atoms with E-state index in [-0.39, 0.29) is 6.09 Å². The molecule has 0 bridgehead atoms. The summed E-state index contributed by atoms with van der Waals surface area (Å²) in [6, 6.07) is 4.69. The third kappa shape index (κ3) is 5.60. The first-order chi connectivity index (χ1) is 9.83. The topological polar surface area (TPSA) is 41.6 Å². The highest BCUT2D eigenvalue weighted by Gasteiger charge is 2.26. The quantitative estimate of drug-likeness (QED) is 0.868. The van der Waals surface area contributed by atoms with E-state index >= 15 is 0 Å². The van der Waals surface area contributed by atoms with Gasteiger partial charge in [-0.3, -0.25) is 0 Å². The van der Waals surface area contributed by atoms with Gasteiger partial charge in [0.15, 0.2) is 0 Å². The molecule has 1 N–H and O–H groups in total. The van der Waals surface area contributed by atoms with E-state index < -0.39 is 5.60 Å². The maximum absolute atomic E-state index is 12.0. The zero-order valence-corrected chi connectivity index (χ0v) is 15.2. The Morgan fingerprint density at radius 2 is 2.10 bits per heavy atom. The van der Waals surface area contributed by atoms with Crippen LogP contribution in [0, 0.1) is 0 Å². The smallest absolute Gasteiger partial charge is 0.410 e. The van der Waals surface area contributed by atoms with Gasteiger partial charge in [0, 0.05) is 30.6 Å². The predicted molar refractivity (Wildman–Crippen MR) is 89.7 cm³/mol. The molecule has 0 radical (unpaired) electrons. The van der Waals surface area contributed by atoms with Crippen molar-refractivity contribution in [1.29, 1.82) is 0 Å². The molecule has 1 aliphatic rings. The third-order valence-electron chi connectivity index (χ3n) is 3.34. The van der Waals surface area contributed by atoms with Crippen LogP contribution in [0.3, 0.4) is 0 Å². The van der Waals surface area contributed by atoms with Gasteiger partial charge < -0.3 is 15.0 Å². The zero-order valence-electron chi connectivity index (χ0n) is 12.8. The summed E-state index contributed by atoms with van der Waals surface area (Å²) in [6.07, 6.45) is 1.76. The Hall–Kier alpha value is -0.590. The molecule has 2 rings (SSSR count). The summed E-state index contributed by atoms with van der Waals surface area (Å²) in [7, 11) is 0. The molecule has 1 saturated heterocycles. The fraction of sp³-hybridized carbons (Fsp3) is 0.667. The van der Waals surface area contributed by atoms with E-state index in [4.69, 9.17) is 4.74 Å². The largest absolute Gasteiger partial charge is 0.444 e. The molecule has 0 spiro atoms. The van der Waals surface area contributed by atoms with Crippen LogP contribution in [0.4, 0.5) is 4.79 Å². The summed E-state index contributed by atoms with van der Waals surface area (Å²) in [4.78, 5) is 15.1. The number of hydrogen-bond donors (Lipinski definition) is 1. The maximum atomic E-state index is 12.0. The van der Waals surface area contributed by atoms with Gasteiger partial charge in [0.1, 0.15) is 5.60 Å². The number of carbonyl (C=O) groups is 1. The molecule has 21 heavy (non-hydrogen) atoms. The number of ether oxygens (including phenoxy) is 1. The fourth-order valence-corrected chi connectivity index (χ4v) is 3.72. The lowest BCUT2D eigenvalue weighted by molar-refractivity contribution is 0.0198. The number of carbonyl (C=O) groups excluding carboxylic acids is 1. The molecule has 1 aromatic heterocycles. The van der Waals surface area contributed by atoms with Crippen LogP contribution in [-0.4, -0.2) is 35.7 Å². The van der Waals surface area contributed by atoms with Gasteiger partial charge in [0.2, 0.25) is 0 Å². The Bertz CT molecular complexity index is 476. The molecule has 1 amide bonds. The molecule has 0 unspecified atom stereocenters. The second kappa shape index (κ2) is 7.11. The van der Waals surface area contributed by atoms with Crippen molar-refractivity contribution in [2.75, 3.05) is 13.1 Å². The van der Waals surface area contributed by atoms with Crippen LogP contribution in [-0.2, 0) is 11.3 Å². The second-order valence-electron chi connectivity index (χ2n) is 6.33. The third-order valence-corrected chi connectivity index (χ3v) is 4.96. The average molecular weight is 375 g/mol. The van der Waals surface area contributed by atoms with Crippen LogP contribution in [0.5, 0.6) is 0 Å². The highest BCUT2D eigenvalue weighted by molar-refractivity contribution is 9.11. The number of halogens is 1. The van der Waals surface area contributed by atoms with Crippen molar-refractivity contribution in [2.45, 2.75) is 51.8 Å². The maximum Gasteiger partial charge on any atom is 0.410 e. The van der Waals surface area contributed by atoms with Crippen molar-refractivity contribution in [3.05, 3.63) is 20.8 Å². The van der Waals surface area contributed by atoms with Crippen LogP contribution in [0.2, 0.25) is 0 Å². The molecule has 2 heterocycles. The SMILES string of the molecule is CC(C)(C)OC(=O)N1CCC(NCc2ccc(Br)s2)CC1. The molecule has 1 fully saturated rings. The second-order valence-corrected chi connectivity index (χ2v) is 8.88. The lowest BCUT2D eigenvalue weighted by atomic mass is 10.1. The minimum absolute atomic E-state index is 0.192. The van der Waals surface area contributed by atoms with Gasteiger partial charge in [0.05, 0.1) is 3.79 Å². The average Bonchev–Trinajstić information content (AvgIpc) is 2.81. The van der Waals surface area contributed by atoms with Crippen LogP contribution in [0.1, 0.15) is 38.5 Å². The normalized spacial score (nSPS) is 17.0. The van der Waals surface area contributed by atoms with E-state index in [2.05, 4.69) is 33.4 Å². The first-order valence-corrected chi connectivity index (χ1v) is 8.90. The number of likely N-dealkylation sites (tertiary alicyclic amines) is 1. The predicted octanol–water partition coefficient (Wildman–Crippen LogP) is 4.00. The van der Waals surface area contributed by atoms with Gasteiger partial charge in [-0.25, -0.2) is 4.79 Å². The lowest BCUT2D eigenvalue weighted by Crippen LogP contribution is -2.46. The first-order valence-electron chi connectivity index (χ1n) is 7.29. The minimum Gasteiger partial charge on any atom is -0.444 e. The number of amides is 1. The molecule has 118 valence electrons. The van der Waals surface area contributed by atoms with Crippen molar-refractivity contribution >= 4 is 33.4 Å². The summed E-state index contributed by atoms with van der Waals surface area (Å²) < 4.78 is 6.57. The van der Waals surface area contributed by atoms with Gasteiger partial charge in [-0.05, 0) is 61.7 Å². The van der Waals surface area contributed by atoms with Crippen LogP contribution in [0.15, 0.2) is 15.9 Å². The molecular weight excluding hydrogens is 352 g/mol. The van der Waals surface area contributed by atoms with Gasteiger partial charge in [0.25, 0.3) is 0 Å². The highest BCUT2D eigenvalue weighted by Crippen LogP contribution is 2.22. The molecule has 6 heteroatoms. The molecule has 4 nitrogen and oxygen atoms in total. The monoisotopic (exact) mass is 374 g/mol. The Kier molecular flexibility index (Phi) is 5.68. The van der Waals surface area contributed by atoms with Crippen molar-refractivity contribution in [3.63, 3.8) is 0 Å². The fourth-order valence-electron chi connectivity index (χ4n) is 2.28. The van der Waals surface area contributed by atoms with Crippen LogP contribution >= 0.6 is 27.3 Å². The highest BCUT2D eigenvalue weighted by atomic mass is 79.9. The summed E-state index contributed by atoms with van der Waals surface area (Å²) in [5.74, 6) is 0. The number of thiophene rings is 1. The summed E-state index contributed by atoms with van der Waals surface area (Å²) in [5, 5.41) is 3.57. The van der Waals surface area contributed by atoms with E-state index in [0.717, 1.165) is 32.5 Å². The van der Waals surface area contributed by atoms with Gasteiger partial charge in [-0.15, -0.1) is 11.3 Å². The van der Waals surface area contributed by atoms with Gasteiger partial charge >= 0.3 is 6.09 Å². The van der Waals surface area contributed by atoms with E-state index in [9.17, 15) is 4.79 Å². The summed E-state index contributed by atoms with van der Waals surface area (Å²) >= 11 is 5.24. The Labute approximate surface area is 139 Å². The van der Waals surface area contributed by atoms with Crippen molar-refractivity contribution in [2.24, 2.45) is 0 Å². The molecule has 0 atom stereocenters. The van der Waals surface area contributed by atoms with Crippen molar-refractivity contribution in [1.82, 2.24) is 10.2 Å². The van der Waals surface area contributed by atoms with Crippen molar-refractivity contribution < 1.29 is 9.53 Å². The number of nitrogens with one attached hydrogen (secondary N) is 1. The molecule has 0 aromatic carbocycles. The molecule has 0 aliphatic carbocycles. The van der Waals surface area contributed by atoms with Crippen LogP contribution < -0.4 is 5.32 Å². The molecular formula is C15H23BrN2O2S. The lowest BCUT2D eigenvalue weighted by Gasteiger charge is -2.33. The van der Waals surface area contributed by atoms with E-state index in [1.165, 1.54) is 8.66 Å². The standard InChI is InChI=1S/C15H23BrN2O2S/c1-15(2,3)20-14(19)18-8-6-11(7-9-18)17-10-12-4-5-13(16)21-12/h4-5,11,17H,6-10H2,1-3H3. The van der Waals surface area contributed by atoms with Gasteiger partial charge in [-0.1, -0.05) is 0 Å². The number of nitrogens with zero attached hydrogens (tertiary/aromatic N) is 1. The van der Waals surface area contributed by atoms with E-state index in [1.54, 1.807) is 11.3 Å². The van der Waals surface area contributed by atoms with Gasteiger partial charge in [-0.2, -0.15) is 0 Å². The molecule has 1 aliphatic heterocycles. The molecule has 0 saturated carbocycles. The first kappa shape index (κ1) is 16.8. The Balaban J connectivity index is 1.72. The Morgan fingerprint density at radius 1 is 1.43 bits per heavy atom. The summed E-state index contributed by atoms with van der Waals surface area (Å²) in [5.41, 5.74) is -0.418. The van der Waals surface area contributed by atoms with Crippen LogP contribution in [0.25, 0.3) is 0 Å². The Morgan fingerprint density at radius 3 is 2.62 bits per heavy atom. The van der Waals surface area contributed by atoms with E-state index in [1.807, 2.05) is 25.7 Å². The van der Waals surface area contributed by atoms with Crippen molar-refractivity contribution in [3.8, 4) is 0 Å². The minimum atomic E-state index is -0.418.